The Kier molecular flexibility index (Phi) is 4.55. The van der Waals surface area contributed by atoms with Gasteiger partial charge in [0.1, 0.15) is 5.82 Å². The number of aryl methyl sites for hydroxylation is 1. The van der Waals surface area contributed by atoms with Crippen LogP contribution in [0.3, 0.4) is 0 Å². The molecule has 0 aromatic carbocycles. The molecule has 1 aromatic rings. The molecule has 1 aromatic heterocycles. The Balaban J connectivity index is 2.70. The zero-order chi connectivity index (χ0) is 11.3. The third-order valence-electron chi connectivity index (χ3n) is 2.30. The van der Waals surface area contributed by atoms with E-state index in [1.54, 1.807) is 0 Å². The van der Waals surface area contributed by atoms with Crippen LogP contribution in [-0.4, -0.2) is 27.4 Å². The van der Waals surface area contributed by atoms with E-state index in [9.17, 15) is 0 Å². The lowest BCUT2D eigenvalue weighted by molar-refractivity contribution is 0.614. The quantitative estimate of drug-likeness (QED) is 0.737. The van der Waals surface area contributed by atoms with E-state index in [2.05, 4.69) is 33.9 Å². The molecule has 3 N–H and O–H groups in total. The first-order valence-corrected chi connectivity index (χ1v) is 5.60. The van der Waals surface area contributed by atoms with Crippen LogP contribution >= 0.6 is 0 Å². The highest BCUT2D eigenvalue weighted by Gasteiger charge is 2.09. The van der Waals surface area contributed by atoms with Gasteiger partial charge in [-0.1, -0.05) is 0 Å². The third kappa shape index (κ3) is 3.20. The summed E-state index contributed by atoms with van der Waals surface area (Å²) in [5.41, 5.74) is 5.72. The summed E-state index contributed by atoms with van der Waals surface area (Å²) in [4.78, 5) is 0. The van der Waals surface area contributed by atoms with E-state index in [0.717, 1.165) is 37.7 Å². The van der Waals surface area contributed by atoms with Gasteiger partial charge in [-0.05, 0) is 27.2 Å². The molecule has 0 bridgehead atoms. The minimum absolute atomic E-state index is 0.217. The minimum atomic E-state index is 0.217. The van der Waals surface area contributed by atoms with Gasteiger partial charge in [0.25, 0.3) is 0 Å². The van der Waals surface area contributed by atoms with Crippen molar-refractivity contribution < 1.29 is 0 Å². The fourth-order valence-corrected chi connectivity index (χ4v) is 1.50. The second-order valence-electron chi connectivity index (χ2n) is 3.73. The molecule has 1 rings (SSSR count). The van der Waals surface area contributed by atoms with Gasteiger partial charge < -0.3 is 11.1 Å². The normalized spacial score (nSPS) is 12.8. The van der Waals surface area contributed by atoms with Crippen molar-refractivity contribution in [3.8, 4) is 0 Å². The molecule has 0 saturated heterocycles. The molecule has 0 spiro atoms. The molecule has 1 unspecified atom stereocenters. The molecule has 15 heavy (non-hydrogen) atoms. The van der Waals surface area contributed by atoms with E-state index in [1.165, 1.54) is 0 Å². The average Bonchev–Trinajstić information content (AvgIpc) is 2.58. The van der Waals surface area contributed by atoms with Crippen LogP contribution in [-0.2, 0) is 13.0 Å². The smallest absolute Gasteiger partial charge is 0.224 e. The van der Waals surface area contributed by atoms with Crippen LogP contribution in [0.4, 0.5) is 5.95 Å². The zero-order valence-electron chi connectivity index (χ0n) is 9.82. The predicted molar refractivity (Wildman–Crippen MR) is 61.8 cm³/mol. The van der Waals surface area contributed by atoms with E-state index < -0.39 is 0 Å². The van der Waals surface area contributed by atoms with Crippen molar-refractivity contribution in [2.75, 3.05) is 11.9 Å². The maximum atomic E-state index is 5.72. The summed E-state index contributed by atoms with van der Waals surface area (Å²) in [7, 11) is 0. The van der Waals surface area contributed by atoms with Gasteiger partial charge >= 0.3 is 0 Å². The Morgan fingerprint density at radius 3 is 2.67 bits per heavy atom. The number of hydrogen-bond donors (Lipinski definition) is 2. The molecule has 86 valence electrons. The number of nitrogens with one attached hydrogen (secondary N) is 1. The molecule has 1 heterocycles. The van der Waals surface area contributed by atoms with Crippen LogP contribution < -0.4 is 11.1 Å². The van der Waals surface area contributed by atoms with Crippen LogP contribution in [0.2, 0.25) is 0 Å². The maximum Gasteiger partial charge on any atom is 0.224 e. The molecule has 0 saturated carbocycles. The summed E-state index contributed by atoms with van der Waals surface area (Å²) < 4.78 is 2.10. The first kappa shape index (κ1) is 12.0. The first-order valence-electron chi connectivity index (χ1n) is 5.60. The standard InChI is InChI=1S/C10H21N5/c1-4-12-10-14-13-9(15(10)5-2)7-6-8(3)11/h8H,4-7,11H2,1-3H3,(H,12,14). The number of aromatic nitrogens is 3. The largest absolute Gasteiger partial charge is 0.355 e. The number of anilines is 1. The summed E-state index contributed by atoms with van der Waals surface area (Å²) >= 11 is 0. The number of nitrogens with zero attached hydrogens (tertiary/aromatic N) is 3. The van der Waals surface area contributed by atoms with Crippen LogP contribution in [0.25, 0.3) is 0 Å². The molecule has 0 fully saturated rings. The third-order valence-corrected chi connectivity index (χ3v) is 2.30. The molecule has 0 aliphatic carbocycles. The van der Waals surface area contributed by atoms with Gasteiger partial charge in [0.05, 0.1) is 0 Å². The fourth-order valence-electron chi connectivity index (χ4n) is 1.50. The predicted octanol–water partition coefficient (Wildman–Crippen LogP) is 1.01. The number of rotatable bonds is 6. The fraction of sp³-hybridized carbons (Fsp3) is 0.800. The van der Waals surface area contributed by atoms with Gasteiger partial charge in [-0.2, -0.15) is 0 Å². The number of nitrogens with two attached hydrogens (primary N) is 1. The lowest BCUT2D eigenvalue weighted by atomic mass is 10.2. The summed E-state index contributed by atoms with van der Waals surface area (Å²) in [6.45, 7) is 7.92. The highest BCUT2D eigenvalue weighted by Crippen LogP contribution is 2.09. The van der Waals surface area contributed by atoms with Gasteiger partial charge in [-0.25, -0.2) is 0 Å². The second-order valence-corrected chi connectivity index (χ2v) is 3.73. The molecule has 1 atom stereocenters. The highest BCUT2D eigenvalue weighted by atomic mass is 15.3. The van der Waals surface area contributed by atoms with Crippen molar-refractivity contribution in [1.82, 2.24) is 14.8 Å². The molecular formula is C10H21N5. The van der Waals surface area contributed by atoms with E-state index >= 15 is 0 Å². The summed E-state index contributed by atoms with van der Waals surface area (Å²) in [5, 5.41) is 11.5. The second kappa shape index (κ2) is 5.70. The van der Waals surface area contributed by atoms with Crippen molar-refractivity contribution in [2.45, 2.75) is 46.2 Å². The highest BCUT2D eigenvalue weighted by molar-refractivity contribution is 5.25. The van der Waals surface area contributed by atoms with Gasteiger partial charge in [0.15, 0.2) is 0 Å². The first-order chi connectivity index (χ1) is 7.19. The van der Waals surface area contributed by atoms with E-state index in [1.807, 2.05) is 6.92 Å². The Bertz CT molecular complexity index is 292. The van der Waals surface area contributed by atoms with Gasteiger partial charge in [0, 0.05) is 25.6 Å². The molecule has 0 aliphatic heterocycles. The summed E-state index contributed by atoms with van der Waals surface area (Å²) in [5.74, 6) is 1.88. The molecule has 0 amide bonds. The van der Waals surface area contributed by atoms with Crippen LogP contribution in [0.5, 0.6) is 0 Å². The maximum absolute atomic E-state index is 5.72. The van der Waals surface area contributed by atoms with E-state index in [-0.39, 0.29) is 6.04 Å². The lowest BCUT2D eigenvalue weighted by Gasteiger charge is -2.08. The van der Waals surface area contributed by atoms with Crippen molar-refractivity contribution in [1.29, 1.82) is 0 Å². The van der Waals surface area contributed by atoms with Crippen molar-refractivity contribution in [3.05, 3.63) is 5.82 Å². The molecule has 0 radical (unpaired) electrons. The van der Waals surface area contributed by atoms with Gasteiger partial charge in [-0.3, -0.25) is 4.57 Å². The van der Waals surface area contributed by atoms with Gasteiger partial charge in [0.2, 0.25) is 5.95 Å². The van der Waals surface area contributed by atoms with Crippen LogP contribution in [0, 0.1) is 0 Å². The topological polar surface area (TPSA) is 68.8 Å². The average molecular weight is 211 g/mol. The monoisotopic (exact) mass is 211 g/mol. The van der Waals surface area contributed by atoms with Crippen molar-refractivity contribution >= 4 is 5.95 Å². The SMILES string of the molecule is CCNc1nnc(CCC(C)N)n1CC. The van der Waals surface area contributed by atoms with Crippen LogP contribution in [0.1, 0.15) is 33.0 Å². The van der Waals surface area contributed by atoms with E-state index in [0.29, 0.717) is 0 Å². The molecule has 5 heteroatoms. The van der Waals surface area contributed by atoms with Crippen LogP contribution in [0.15, 0.2) is 0 Å². The summed E-state index contributed by atoms with van der Waals surface area (Å²) in [6, 6.07) is 0.217. The van der Waals surface area contributed by atoms with Crippen molar-refractivity contribution in [3.63, 3.8) is 0 Å². The Hall–Kier alpha value is -1.10. The molecule has 5 nitrogen and oxygen atoms in total. The zero-order valence-corrected chi connectivity index (χ0v) is 9.82. The van der Waals surface area contributed by atoms with Gasteiger partial charge in [-0.15, -0.1) is 10.2 Å². The van der Waals surface area contributed by atoms with Crippen molar-refractivity contribution in [2.24, 2.45) is 5.73 Å². The summed E-state index contributed by atoms with van der Waals surface area (Å²) in [6.07, 6.45) is 1.84. The molecular weight excluding hydrogens is 190 g/mol. The van der Waals surface area contributed by atoms with E-state index in [4.69, 9.17) is 5.73 Å². The lowest BCUT2D eigenvalue weighted by Crippen LogP contribution is -2.17. The number of hydrogen-bond acceptors (Lipinski definition) is 4. The Morgan fingerprint density at radius 1 is 1.40 bits per heavy atom. The Morgan fingerprint density at radius 2 is 2.13 bits per heavy atom. The minimum Gasteiger partial charge on any atom is -0.355 e. The Labute approximate surface area is 91.1 Å². The molecule has 0 aliphatic rings.